The maximum atomic E-state index is 12.2. The molecule has 3 N–H and O–H groups in total. The van der Waals surface area contributed by atoms with Crippen molar-refractivity contribution in [3.63, 3.8) is 0 Å². The Bertz CT molecular complexity index is 429. The zero-order chi connectivity index (χ0) is 17.9. The third kappa shape index (κ3) is 7.37. The van der Waals surface area contributed by atoms with Crippen molar-refractivity contribution in [2.75, 3.05) is 33.5 Å². The maximum Gasteiger partial charge on any atom is 0.328 e. The predicted octanol–water partition coefficient (Wildman–Crippen LogP) is -0.216. The van der Waals surface area contributed by atoms with Gasteiger partial charge in [0, 0.05) is 38.6 Å². The number of carbonyl (C=O) groups excluding carboxylic acids is 3. The van der Waals surface area contributed by atoms with Crippen LogP contribution in [-0.2, 0) is 28.6 Å². The smallest absolute Gasteiger partial charge is 0.328 e. The normalized spacial score (nSPS) is 28.9. The largest absolute Gasteiger partial charge is 0.467 e. The Labute approximate surface area is 142 Å². The third-order valence-corrected chi connectivity index (χ3v) is 3.85. The average molecular weight is 344 g/mol. The van der Waals surface area contributed by atoms with Crippen LogP contribution in [0.1, 0.15) is 32.6 Å². The van der Waals surface area contributed by atoms with E-state index in [-0.39, 0.29) is 24.7 Å². The highest BCUT2D eigenvalue weighted by Crippen LogP contribution is 2.08. The summed E-state index contributed by atoms with van der Waals surface area (Å²) >= 11 is 0. The topological polar surface area (TPSA) is 117 Å². The van der Waals surface area contributed by atoms with Gasteiger partial charge in [0.2, 0.25) is 5.91 Å². The second-order valence-corrected chi connectivity index (χ2v) is 5.95. The second-order valence-electron chi connectivity index (χ2n) is 5.95. The number of nitrogens with two attached hydrogens (primary N) is 1. The highest BCUT2D eigenvalue weighted by atomic mass is 16.5. The molecule has 0 unspecified atom stereocenters. The molecule has 1 fully saturated rings. The van der Waals surface area contributed by atoms with Crippen LogP contribution < -0.4 is 11.1 Å². The van der Waals surface area contributed by atoms with Crippen LogP contribution in [0.5, 0.6) is 0 Å². The van der Waals surface area contributed by atoms with E-state index in [0.717, 1.165) is 12.8 Å². The maximum absolute atomic E-state index is 12.2. The predicted molar refractivity (Wildman–Crippen MR) is 86.2 cm³/mol. The summed E-state index contributed by atoms with van der Waals surface area (Å²) in [6, 6.07) is -1.54. The average Bonchev–Trinajstić information content (AvgIpc) is 2.56. The van der Waals surface area contributed by atoms with Gasteiger partial charge in [0.25, 0.3) is 0 Å². The van der Waals surface area contributed by atoms with Gasteiger partial charge in [-0.05, 0) is 12.8 Å². The number of amides is 1. The van der Waals surface area contributed by atoms with Crippen LogP contribution in [0.4, 0.5) is 0 Å². The van der Waals surface area contributed by atoms with E-state index in [1.54, 1.807) is 6.92 Å². The number of Topliss-reactive ketones (excluding diaryl/α,β-unsaturated/α-hetero) is 1. The molecule has 0 aromatic carbocycles. The van der Waals surface area contributed by atoms with Gasteiger partial charge in [0.1, 0.15) is 6.04 Å². The fourth-order valence-electron chi connectivity index (χ4n) is 2.27. The van der Waals surface area contributed by atoms with Crippen molar-refractivity contribution in [2.24, 2.45) is 11.7 Å². The molecule has 0 radical (unpaired) electrons. The SMILES string of the molecule is COC(=O)[C@@H]1CCOCCCCOC[C@H](N)C(=O)C[C@@H](C)C(=O)N1. The molecule has 0 aromatic rings. The number of nitrogens with one attached hydrogen (secondary N) is 1. The lowest BCUT2D eigenvalue weighted by Crippen LogP contribution is -2.45. The van der Waals surface area contributed by atoms with Gasteiger partial charge in [-0.25, -0.2) is 4.79 Å². The Morgan fingerprint density at radius 1 is 1.21 bits per heavy atom. The molecule has 1 aliphatic rings. The third-order valence-electron chi connectivity index (χ3n) is 3.85. The molecule has 138 valence electrons. The Balaban J connectivity index is 2.70. The van der Waals surface area contributed by atoms with Gasteiger partial charge < -0.3 is 25.3 Å². The van der Waals surface area contributed by atoms with Gasteiger partial charge in [0.15, 0.2) is 5.78 Å². The van der Waals surface area contributed by atoms with E-state index < -0.39 is 24.0 Å². The van der Waals surface area contributed by atoms with Gasteiger partial charge >= 0.3 is 5.97 Å². The molecule has 1 rings (SSSR count). The van der Waals surface area contributed by atoms with Crippen LogP contribution in [0.2, 0.25) is 0 Å². The highest BCUT2D eigenvalue weighted by Gasteiger charge is 2.26. The summed E-state index contributed by atoms with van der Waals surface area (Å²) in [5.74, 6) is -1.75. The number of ketones is 1. The van der Waals surface area contributed by atoms with E-state index in [0.29, 0.717) is 26.2 Å². The monoisotopic (exact) mass is 344 g/mol. The molecule has 0 aliphatic carbocycles. The zero-order valence-corrected chi connectivity index (χ0v) is 14.4. The lowest BCUT2D eigenvalue weighted by atomic mass is 9.99. The van der Waals surface area contributed by atoms with Crippen molar-refractivity contribution in [1.29, 1.82) is 0 Å². The summed E-state index contributed by atoms with van der Waals surface area (Å²) in [5, 5.41) is 2.62. The fraction of sp³-hybridized carbons (Fsp3) is 0.812. The molecule has 1 aliphatic heterocycles. The Morgan fingerprint density at radius 2 is 1.88 bits per heavy atom. The van der Waals surface area contributed by atoms with E-state index >= 15 is 0 Å². The molecule has 1 saturated heterocycles. The summed E-state index contributed by atoms with van der Waals surface area (Å²) < 4.78 is 15.5. The van der Waals surface area contributed by atoms with Gasteiger partial charge in [-0.2, -0.15) is 0 Å². The molecular formula is C16H28N2O6. The van der Waals surface area contributed by atoms with E-state index in [1.165, 1.54) is 7.11 Å². The molecule has 0 saturated carbocycles. The minimum atomic E-state index is -0.787. The van der Waals surface area contributed by atoms with Crippen LogP contribution in [0, 0.1) is 5.92 Å². The van der Waals surface area contributed by atoms with Crippen molar-refractivity contribution in [2.45, 2.75) is 44.7 Å². The van der Waals surface area contributed by atoms with Crippen LogP contribution in [0.15, 0.2) is 0 Å². The number of hydrogen-bond donors (Lipinski definition) is 2. The van der Waals surface area contributed by atoms with E-state index in [2.05, 4.69) is 5.32 Å². The molecule has 1 amide bonds. The molecule has 8 nitrogen and oxygen atoms in total. The van der Waals surface area contributed by atoms with Crippen molar-refractivity contribution in [3.8, 4) is 0 Å². The lowest BCUT2D eigenvalue weighted by molar-refractivity contribution is -0.146. The van der Waals surface area contributed by atoms with Crippen LogP contribution >= 0.6 is 0 Å². The molecular weight excluding hydrogens is 316 g/mol. The fourth-order valence-corrected chi connectivity index (χ4v) is 2.27. The van der Waals surface area contributed by atoms with E-state index in [9.17, 15) is 14.4 Å². The Morgan fingerprint density at radius 3 is 2.54 bits per heavy atom. The molecule has 0 spiro atoms. The summed E-state index contributed by atoms with van der Waals surface area (Å²) in [6.07, 6.45) is 1.92. The van der Waals surface area contributed by atoms with Gasteiger partial charge in [-0.15, -0.1) is 0 Å². The van der Waals surface area contributed by atoms with Gasteiger partial charge in [0.05, 0.1) is 19.8 Å². The van der Waals surface area contributed by atoms with Crippen molar-refractivity contribution < 1.29 is 28.6 Å². The van der Waals surface area contributed by atoms with Crippen molar-refractivity contribution in [1.82, 2.24) is 5.32 Å². The second kappa shape index (κ2) is 11.1. The minimum absolute atomic E-state index is 0.000747. The molecule has 0 aromatic heterocycles. The minimum Gasteiger partial charge on any atom is -0.467 e. The summed E-state index contributed by atoms with van der Waals surface area (Å²) in [7, 11) is 1.26. The van der Waals surface area contributed by atoms with E-state index in [1.807, 2.05) is 0 Å². The molecule has 1 heterocycles. The molecule has 0 bridgehead atoms. The summed E-state index contributed by atoms with van der Waals surface area (Å²) in [4.78, 5) is 36.0. The number of esters is 1. The summed E-state index contributed by atoms with van der Waals surface area (Å²) in [5.41, 5.74) is 5.78. The number of ether oxygens (including phenoxy) is 3. The van der Waals surface area contributed by atoms with Crippen molar-refractivity contribution >= 4 is 17.7 Å². The number of hydrogen-bond acceptors (Lipinski definition) is 7. The van der Waals surface area contributed by atoms with Crippen LogP contribution in [-0.4, -0.2) is 63.3 Å². The van der Waals surface area contributed by atoms with Gasteiger partial charge in [-0.3, -0.25) is 9.59 Å². The zero-order valence-electron chi connectivity index (χ0n) is 14.4. The molecule has 24 heavy (non-hydrogen) atoms. The molecule has 3 atom stereocenters. The van der Waals surface area contributed by atoms with Gasteiger partial charge in [-0.1, -0.05) is 6.92 Å². The number of methoxy groups -OCH3 is 1. The number of carbonyl (C=O) groups is 3. The first kappa shape index (κ1) is 20.5. The number of rotatable bonds is 1. The first-order valence-corrected chi connectivity index (χ1v) is 8.27. The van der Waals surface area contributed by atoms with E-state index in [4.69, 9.17) is 19.9 Å². The quantitative estimate of drug-likeness (QED) is 0.632. The molecule has 8 heteroatoms. The lowest BCUT2D eigenvalue weighted by Gasteiger charge is -2.20. The van der Waals surface area contributed by atoms with Crippen molar-refractivity contribution in [3.05, 3.63) is 0 Å². The Kier molecular flexibility index (Phi) is 9.51. The standard InChI is InChI=1S/C16H28N2O6/c1-11-9-14(19)12(17)10-24-7-4-3-6-23-8-5-13(16(21)22-2)18-15(11)20/h11-13H,3-10,17H2,1-2H3,(H,18,20)/t11-,12+,13+/m1/s1. The first-order chi connectivity index (χ1) is 11.5. The first-order valence-electron chi connectivity index (χ1n) is 8.27. The Hall–Kier alpha value is -1.51. The summed E-state index contributed by atoms with van der Waals surface area (Å²) in [6.45, 7) is 3.13. The highest BCUT2D eigenvalue weighted by molar-refractivity contribution is 5.91. The van der Waals surface area contributed by atoms with Crippen LogP contribution in [0.3, 0.4) is 0 Å². The van der Waals surface area contributed by atoms with Crippen LogP contribution in [0.25, 0.3) is 0 Å².